The van der Waals surface area contributed by atoms with Gasteiger partial charge in [0.2, 0.25) is 0 Å². The first-order valence-corrected chi connectivity index (χ1v) is 7.59. The van der Waals surface area contributed by atoms with E-state index < -0.39 is 0 Å². The average molecular weight is 378 g/mol. The van der Waals surface area contributed by atoms with Crippen molar-refractivity contribution in [1.29, 1.82) is 0 Å². The van der Waals surface area contributed by atoms with E-state index in [1.165, 1.54) is 21.1 Å². The maximum Gasteiger partial charge on any atom is 0.255 e. The Balaban J connectivity index is 2.30. The third-order valence-corrected chi connectivity index (χ3v) is 4.02. The average Bonchev–Trinajstić information content (AvgIpc) is 2.55. The highest BCUT2D eigenvalue weighted by Gasteiger charge is 2.15. The fraction of sp³-hybridized carbons (Fsp3) is 0.176. The molecule has 0 atom stereocenters. The predicted octanol–water partition coefficient (Wildman–Crippen LogP) is 3.92. The maximum atomic E-state index is 12.4. The molecule has 0 spiro atoms. The number of carbonyl (C=O) groups excluding carboxylic acids is 2. The van der Waals surface area contributed by atoms with E-state index >= 15 is 0 Å². The van der Waals surface area contributed by atoms with Crippen molar-refractivity contribution in [3.63, 3.8) is 0 Å². The second-order valence-corrected chi connectivity index (χ2v) is 5.58. The van der Waals surface area contributed by atoms with Gasteiger partial charge in [-0.05, 0) is 47.1 Å². The summed E-state index contributed by atoms with van der Waals surface area (Å²) in [5.41, 5.74) is 1.47. The molecule has 0 aliphatic carbocycles. The molecular weight excluding hydrogens is 362 g/mol. The zero-order valence-electron chi connectivity index (χ0n) is 13.0. The number of ether oxygens (including phenoxy) is 2. The molecule has 23 heavy (non-hydrogen) atoms. The Labute approximate surface area is 142 Å². The van der Waals surface area contributed by atoms with Crippen LogP contribution in [0.2, 0.25) is 0 Å². The first-order valence-electron chi connectivity index (χ1n) is 6.80. The number of benzene rings is 2. The zero-order valence-corrected chi connectivity index (χ0v) is 14.6. The Morgan fingerprint density at radius 1 is 1.00 bits per heavy atom. The van der Waals surface area contributed by atoms with E-state index in [9.17, 15) is 9.59 Å². The number of Topliss-reactive ketones (excluding diaryl/α,β-unsaturated/α-hetero) is 1. The first-order chi connectivity index (χ1) is 11.0. The molecule has 0 fully saturated rings. The molecule has 0 aliphatic rings. The smallest absolute Gasteiger partial charge is 0.255 e. The van der Waals surface area contributed by atoms with E-state index in [0.29, 0.717) is 32.8 Å². The van der Waals surface area contributed by atoms with Gasteiger partial charge in [0, 0.05) is 16.8 Å². The molecule has 2 aromatic carbocycles. The van der Waals surface area contributed by atoms with Crippen molar-refractivity contribution in [1.82, 2.24) is 0 Å². The van der Waals surface area contributed by atoms with E-state index in [-0.39, 0.29) is 11.7 Å². The summed E-state index contributed by atoms with van der Waals surface area (Å²) in [7, 11) is 3.02. The molecule has 0 aliphatic heterocycles. The van der Waals surface area contributed by atoms with Gasteiger partial charge in [-0.3, -0.25) is 9.59 Å². The van der Waals surface area contributed by atoms with Crippen molar-refractivity contribution >= 4 is 33.3 Å². The van der Waals surface area contributed by atoms with Crippen LogP contribution in [0.25, 0.3) is 0 Å². The van der Waals surface area contributed by atoms with Gasteiger partial charge in [-0.2, -0.15) is 0 Å². The van der Waals surface area contributed by atoms with Gasteiger partial charge in [0.1, 0.15) is 16.0 Å². The van der Waals surface area contributed by atoms with Crippen LogP contribution >= 0.6 is 15.9 Å². The number of hydrogen-bond acceptors (Lipinski definition) is 4. The van der Waals surface area contributed by atoms with Crippen molar-refractivity contribution in [2.75, 3.05) is 19.5 Å². The lowest BCUT2D eigenvalue weighted by Gasteiger charge is -2.12. The SMILES string of the molecule is COc1cc(C(=O)Nc2cccc(C(C)=O)c2)cc(OC)c1Br. The summed E-state index contributed by atoms with van der Waals surface area (Å²) in [6, 6.07) is 9.98. The van der Waals surface area contributed by atoms with Crippen LogP contribution in [0.4, 0.5) is 5.69 Å². The zero-order chi connectivity index (χ0) is 17.0. The van der Waals surface area contributed by atoms with Gasteiger partial charge in [0.25, 0.3) is 5.91 Å². The fourth-order valence-corrected chi connectivity index (χ4v) is 2.57. The van der Waals surface area contributed by atoms with Crippen LogP contribution in [-0.2, 0) is 0 Å². The molecule has 5 nitrogen and oxygen atoms in total. The summed E-state index contributed by atoms with van der Waals surface area (Å²) < 4.78 is 11.1. The number of halogens is 1. The number of carbonyl (C=O) groups is 2. The largest absolute Gasteiger partial charge is 0.495 e. The van der Waals surface area contributed by atoms with Crippen LogP contribution in [0.1, 0.15) is 27.6 Å². The van der Waals surface area contributed by atoms with Crippen LogP contribution in [0.5, 0.6) is 11.5 Å². The van der Waals surface area contributed by atoms with Gasteiger partial charge in [-0.15, -0.1) is 0 Å². The molecule has 6 heteroatoms. The van der Waals surface area contributed by atoms with Gasteiger partial charge in [0.05, 0.1) is 14.2 Å². The Morgan fingerprint density at radius 2 is 1.61 bits per heavy atom. The Hall–Kier alpha value is -2.34. The van der Waals surface area contributed by atoms with Crippen molar-refractivity contribution in [3.05, 3.63) is 52.0 Å². The van der Waals surface area contributed by atoms with E-state index in [0.717, 1.165) is 0 Å². The van der Waals surface area contributed by atoms with E-state index in [1.54, 1.807) is 36.4 Å². The first kappa shape index (κ1) is 17.0. The number of nitrogens with one attached hydrogen (secondary N) is 1. The fourth-order valence-electron chi connectivity index (χ4n) is 2.02. The summed E-state index contributed by atoms with van der Waals surface area (Å²) in [6.07, 6.45) is 0. The summed E-state index contributed by atoms with van der Waals surface area (Å²) in [5.74, 6) is 0.599. The molecule has 0 unspecified atom stereocenters. The van der Waals surface area contributed by atoms with Gasteiger partial charge < -0.3 is 14.8 Å². The lowest BCUT2D eigenvalue weighted by Crippen LogP contribution is -2.12. The molecule has 2 aromatic rings. The molecule has 1 N–H and O–H groups in total. The van der Waals surface area contributed by atoms with Crippen LogP contribution in [0.15, 0.2) is 40.9 Å². The molecule has 0 aromatic heterocycles. The number of rotatable bonds is 5. The van der Waals surface area contributed by atoms with Crippen LogP contribution in [0.3, 0.4) is 0 Å². The predicted molar refractivity (Wildman–Crippen MR) is 91.6 cm³/mol. The molecule has 2 rings (SSSR count). The summed E-state index contributed by atoms with van der Waals surface area (Å²) in [6.45, 7) is 1.48. The number of methoxy groups -OCH3 is 2. The van der Waals surface area contributed by atoms with Crippen LogP contribution in [-0.4, -0.2) is 25.9 Å². The quantitative estimate of drug-likeness (QED) is 0.801. The lowest BCUT2D eigenvalue weighted by molar-refractivity contribution is 0.101. The van der Waals surface area contributed by atoms with Crippen molar-refractivity contribution in [2.45, 2.75) is 6.92 Å². The minimum absolute atomic E-state index is 0.0620. The maximum absolute atomic E-state index is 12.4. The second-order valence-electron chi connectivity index (χ2n) is 4.79. The molecule has 0 saturated carbocycles. The van der Waals surface area contributed by atoms with E-state index in [4.69, 9.17) is 9.47 Å². The summed E-state index contributed by atoms with van der Waals surface area (Å²) in [5, 5.41) is 2.76. The molecule has 0 heterocycles. The van der Waals surface area contributed by atoms with Gasteiger partial charge in [-0.1, -0.05) is 12.1 Å². The number of anilines is 1. The van der Waals surface area contributed by atoms with Crippen molar-refractivity contribution in [3.8, 4) is 11.5 Å². The second kappa shape index (κ2) is 7.28. The van der Waals surface area contributed by atoms with Crippen LogP contribution in [0, 0.1) is 0 Å². The minimum Gasteiger partial charge on any atom is -0.495 e. The minimum atomic E-state index is -0.324. The lowest BCUT2D eigenvalue weighted by atomic mass is 10.1. The van der Waals surface area contributed by atoms with E-state index in [2.05, 4.69) is 21.2 Å². The van der Waals surface area contributed by atoms with Crippen LogP contribution < -0.4 is 14.8 Å². The molecule has 0 saturated heterocycles. The Bertz CT molecular complexity index is 733. The number of hydrogen-bond donors (Lipinski definition) is 1. The van der Waals surface area contributed by atoms with Crippen molar-refractivity contribution < 1.29 is 19.1 Å². The molecule has 0 bridgehead atoms. The Kier molecular flexibility index (Phi) is 5.39. The summed E-state index contributed by atoms with van der Waals surface area (Å²) >= 11 is 3.36. The highest BCUT2D eigenvalue weighted by atomic mass is 79.9. The normalized spacial score (nSPS) is 10.1. The highest BCUT2D eigenvalue weighted by molar-refractivity contribution is 9.10. The molecular formula is C17H16BrNO4. The summed E-state index contributed by atoms with van der Waals surface area (Å²) in [4.78, 5) is 23.8. The number of ketones is 1. The molecule has 120 valence electrons. The molecule has 0 radical (unpaired) electrons. The topological polar surface area (TPSA) is 64.6 Å². The van der Waals surface area contributed by atoms with Crippen molar-refractivity contribution in [2.24, 2.45) is 0 Å². The standard InChI is InChI=1S/C17H16BrNO4/c1-10(20)11-5-4-6-13(7-11)19-17(21)12-8-14(22-2)16(18)15(9-12)23-3/h4-9H,1-3H3,(H,19,21). The number of amides is 1. The third-order valence-electron chi connectivity index (χ3n) is 3.23. The third kappa shape index (κ3) is 3.90. The van der Waals surface area contributed by atoms with Gasteiger partial charge >= 0.3 is 0 Å². The van der Waals surface area contributed by atoms with Gasteiger partial charge in [0.15, 0.2) is 5.78 Å². The Morgan fingerprint density at radius 3 is 2.13 bits per heavy atom. The van der Waals surface area contributed by atoms with Gasteiger partial charge in [-0.25, -0.2) is 0 Å². The highest BCUT2D eigenvalue weighted by Crippen LogP contribution is 2.35. The van der Waals surface area contributed by atoms with E-state index in [1.807, 2.05) is 0 Å². The molecule has 1 amide bonds. The monoisotopic (exact) mass is 377 g/mol.